The van der Waals surface area contributed by atoms with Crippen molar-refractivity contribution in [3.8, 4) is 24.7 Å². The molecular formula is C27H45O8P. The fraction of sp³-hybridized carbons (Fsp3) is 0.778. The van der Waals surface area contributed by atoms with Crippen LogP contribution in [0.15, 0.2) is 0 Å². The van der Waals surface area contributed by atoms with Gasteiger partial charge in [0.05, 0.1) is 6.61 Å². The molecule has 8 nitrogen and oxygen atoms in total. The molecule has 9 heteroatoms. The van der Waals surface area contributed by atoms with Gasteiger partial charge < -0.3 is 19.3 Å². The summed E-state index contributed by atoms with van der Waals surface area (Å²) in [6.45, 7) is -0.863. The summed E-state index contributed by atoms with van der Waals surface area (Å²) in [6.07, 6.45) is 25.4. The molecule has 0 fully saturated rings. The minimum atomic E-state index is -4.74. The molecule has 0 aliphatic carbocycles. The van der Waals surface area contributed by atoms with Gasteiger partial charge in [-0.3, -0.25) is 14.1 Å². The molecular weight excluding hydrogens is 483 g/mol. The van der Waals surface area contributed by atoms with E-state index in [2.05, 4.69) is 16.4 Å². The largest absolute Gasteiger partial charge is 0.469 e. The van der Waals surface area contributed by atoms with Gasteiger partial charge in [0.15, 0.2) is 6.10 Å². The molecule has 0 aromatic rings. The van der Waals surface area contributed by atoms with Gasteiger partial charge in [0.2, 0.25) is 0 Å². The van der Waals surface area contributed by atoms with E-state index in [1.165, 1.54) is 0 Å². The van der Waals surface area contributed by atoms with Gasteiger partial charge in [0.1, 0.15) is 6.61 Å². The summed E-state index contributed by atoms with van der Waals surface area (Å²) in [6, 6.07) is 0. The zero-order chi connectivity index (χ0) is 26.9. The zero-order valence-corrected chi connectivity index (χ0v) is 22.6. The lowest BCUT2D eigenvalue weighted by atomic mass is 10.1. The van der Waals surface area contributed by atoms with Crippen LogP contribution in [0.4, 0.5) is 0 Å². The first kappa shape index (κ1) is 34.2. The van der Waals surface area contributed by atoms with Crippen molar-refractivity contribution >= 4 is 19.8 Å². The van der Waals surface area contributed by atoms with E-state index < -0.39 is 32.5 Å². The summed E-state index contributed by atoms with van der Waals surface area (Å²) >= 11 is 0. The van der Waals surface area contributed by atoms with Gasteiger partial charge in [-0.15, -0.1) is 24.7 Å². The minimum Gasteiger partial charge on any atom is -0.462 e. The van der Waals surface area contributed by atoms with Crippen molar-refractivity contribution in [2.24, 2.45) is 0 Å². The number of phosphoric acid groups is 1. The number of phosphoric ester groups is 1. The molecule has 0 aromatic carbocycles. The molecule has 0 saturated carbocycles. The number of carbonyl (C=O) groups is 2. The molecule has 0 radical (unpaired) electrons. The standard InChI is InChI=1S/C27H45O8P/c1-3-5-7-9-11-13-15-17-19-21-26(28)33-23-25(24-34-36(30,31)32)35-27(29)22-20-18-16-14-12-10-8-6-4-2/h1-2,25H,5-24H2,(H2,30,31,32). The highest BCUT2D eigenvalue weighted by molar-refractivity contribution is 7.46. The van der Waals surface area contributed by atoms with Crippen molar-refractivity contribution in [2.45, 2.75) is 122 Å². The highest BCUT2D eigenvalue weighted by Gasteiger charge is 2.22. The SMILES string of the molecule is C#CCCCCCCCCCC(=O)OCC(COP(=O)(O)O)OC(=O)CCCCCCCCCC#C. The molecule has 0 rings (SSSR count). The van der Waals surface area contributed by atoms with Crippen molar-refractivity contribution in [1.29, 1.82) is 0 Å². The van der Waals surface area contributed by atoms with Crippen molar-refractivity contribution in [3.05, 3.63) is 0 Å². The van der Waals surface area contributed by atoms with Crippen LogP contribution in [-0.2, 0) is 28.2 Å². The van der Waals surface area contributed by atoms with Gasteiger partial charge in [0, 0.05) is 25.7 Å². The predicted octanol–water partition coefficient (Wildman–Crippen LogP) is 5.84. The van der Waals surface area contributed by atoms with Gasteiger partial charge in [-0.2, -0.15) is 0 Å². The Hall–Kier alpha value is -1.83. The molecule has 36 heavy (non-hydrogen) atoms. The quantitative estimate of drug-likeness (QED) is 0.0694. The minimum absolute atomic E-state index is 0.181. The van der Waals surface area contributed by atoms with Crippen molar-refractivity contribution in [3.63, 3.8) is 0 Å². The van der Waals surface area contributed by atoms with Crippen molar-refractivity contribution in [1.82, 2.24) is 0 Å². The predicted molar refractivity (Wildman–Crippen MR) is 140 cm³/mol. The highest BCUT2D eigenvalue weighted by atomic mass is 31.2. The summed E-state index contributed by atoms with van der Waals surface area (Å²) in [4.78, 5) is 42.0. The first-order chi connectivity index (χ1) is 17.3. The van der Waals surface area contributed by atoms with E-state index in [9.17, 15) is 14.2 Å². The van der Waals surface area contributed by atoms with Gasteiger partial charge in [-0.1, -0.05) is 64.2 Å². The fourth-order valence-corrected chi connectivity index (χ4v) is 3.92. The monoisotopic (exact) mass is 528 g/mol. The molecule has 0 spiro atoms. The topological polar surface area (TPSA) is 119 Å². The van der Waals surface area contributed by atoms with Crippen LogP contribution in [0.1, 0.15) is 116 Å². The number of terminal acetylenes is 2. The third kappa shape index (κ3) is 25.3. The Bertz CT molecular complexity index is 704. The molecule has 1 unspecified atom stereocenters. The Morgan fingerprint density at radius 1 is 0.667 bits per heavy atom. The number of unbranched alkanes of at least 4 members (excludes halogenated alkanes) is 14. The molecule has 0 aliphatic rings. The first-order valence-electron chi connectivity index (χ1n) is 13.2. The normalized spacial score (nSPS) is 11.9. The van der Waals surface area contributed by atoms with E-state index in [0.717, 1.165) is 89.9 Å². The molecule has 0 bridgehead atoms. The van der Waals surface area contributed by atoms with Crippen LogP contribution in [0, 0.1) is 24.7 Å². The van der Waals surface area contributed by atoms with Gasteiger partial charge >= 0.3 is 19.8 Å². The maximum atomic E-state index is 12.1. The Morgan fingerprint density at radius 3 is 1.53 bits per heavy atom. The molecule has 206 valence electrons. The third-order valence-electron chi connectivity index (χ3n) is 5.56. The van der Waals surface area contributed by atoms with Gasteiger partial charge in [-0.05, 0) is 25.7 Å². The second-order valence-corrected chi connectivity index (χ2v) is 10.2. The Morgan fingerprint density at radius 2 is 1.08 bits per heavy atom. The van der Waals surface area contributed by atoms with Crippen LogP contribution in [0.2, 0.25) is 0 Å². The highest BCUT2D eigenvalue weighted by Crippen LogP contribution is 2.35. The zero-order valence-electron chi connectivity index (χ0n) is 21.7. The van der Waals surface area contributed by atoms with E-state index in [1.54, 1.807) is 0 Å². The van der Waals surface area contributed by atoms with Gasteiger partial charge in [-0.25, -0.2) is 4.57 Å². The van der Waals surface area contributed by atoms with E-state index in [1.807, 2.05) is 0 Å². The maximum Gasteiger partial charge on any atom is 0.469 e. The molecule has 0 heterocycles. The average Bonchev–Trinajstić information content (AvgIpc) is 2.83. The number of carbonyl (C=O) groups excluding carboxylic acids is 2. The Balaban J connectivity index is 4.11. The lowest BCUT2D eigenvalue weighted by Gasteiger charge is -2.18. The maximum absolute atomic E-state index is 12.1. The number of hydrogen-bond donors (Lipinski definition) is 2. The van der Waals surface area contributed by atoms with Gasteiger partial charge in [0.25, 0.3) is 0 Å². The van der Waals surface area contributed by atoms with Crippen LogP contribution >= 0.6 is 7.82 Å². The van der Waals surface area contributed by atoms with E-state index in [-0.39, 0.29) is 19.4 Å². The smallest absolute Gasteiger partial charge is 0.462 e. The van der Waals surface area contributed by atoms with Crippen LogP contribution in [0.25, 0.3) is 0 Å². The second-order valence-electron chi connectivity index (χ2n) is 8.94. The molecule has 0 aromatic heterocycles. The molecule has 0 amide bonds. The lowest BCUT2D eigenvalue weighted by molar-refractivity contribution is -0.161. The number of hydrogen-bond acceptors (Lipinski definition) is 6. The number of esters is 2. The summed E-state index contributed by atoms with van der Waals surface area (Å²) in [5, 5.41) is 0. The average molecular weight is 529 g/mol. The van der Waals surface area contributed by atoms with E-state index >= 15 is 0 Å². The third-order valence-corrected chi connectivity index (χ3v) is 6.05. The second kappa shape index (κ2) is 23.6. The summed E-state index contributed by atoms with van der Waals surface area (Å²) in [7, 11) is -4.74. The van der Waals surface area contributed by atoms with Crippen LogP contribution in [0.5, 0.6) is 0 Å². The fourth-order valence-electron chi connectivity index (χ4n) is 3.56. The first-order valence-corrected chi connectivity index (χ1v) is 14.7. The molecule has 0 aliphatic heterocycles. The number of rotatable bonds is 24. The molecule has 0 saturated heterocycles. The lowest BCUT2D eigenvalue weighted by Crippen LogP contribution is -2.29. The molecule has 2 N–H and O–H groups in total. The van der Waals surface area contributed by atoms with E-state index in [4.69, 9.17) is 32.1 Å². The number of ether oxygens (including phenoxy) is 2. The van der Waals surface area contributed by atoms with Crippen molar-refractivity contribution < 1.29 is 37.9 Å². The van der Waals surface area contributed by atoms with Crippen LogP contribution in [-0.4, -0.2) is 41.0 Å². The summed E-state index contributed by atoms with van der Waals surface area (Å²) in [5.74, 6) is 4.30. The van der Waals surface area contributed by atoms with Crippen LogP contribution in [0.3, 0.4) is 0 Å². The van der Waals surface area contributed by atoms with Crippen molar-refractivity contribution in [2.75, 3.05) is 13.2 Å². The summed E-state index contributed by atoms with van der Waals surface area (Å²) in [5.41, 5.74) is 0. The molecule has 1 atom stereocenters. The Kier molecular flexibility index (Phi) is 22.4. The van der Waals surface area contributed by atoms with Crippen LogP contribution < -0.4 is 0 Å². The summed E-state index contributed by atoms with van der Waals surface area (Å²) < 4.78 is 25.9. The Labute approximate surface area is 217 Å². The van der Waals surface area contributed by atoms with E-state index in [0.29, 0.717) is 12.8 Å².